The van der Waals surface area contributed by atoms with E-state index in [2.05, 4.69) is 46.1 Å². The fraction of sp³-hybridized carbons (Fsp3) is 0.0312. The van der Waals surface area contributed by atoms with Gasteiger partial charge in [0.05, 0.1) is 23.4 Å². The van der Waals surface area contributed by atoms with Crippen molar-refractivity contribution in [2.45, 2.75) is 6.04 Å². The molecule has 1 aliphatic rings. The molecule has 0 aromatic heterocycles. The van der Waals surface area contributed by atoms with Gasteiger partial charge in [-0.05, 0) is 46.5 Å². The van der Waals surface area contributed by atoms with Gasteiger partial charge < -0.3 is 22.5 Å². The van der Waals surface area contributed by atoms with E-state index in [1.165, 1.54) is 0 Å². The topological polar surface area (TPSA) is 126 Å². The predicted molar refractivity (Wildman–Crippen MR) is 162 cm³/mol. The summed E-state index contributed by atoms with van der Waals surface area (Å²) in [6.07, 6.45) is 0. The molecule has 1 unspecified atom stereocenters. The van der Waals surface area contributed by atoms with Crippen LogP contribution in [0.15, 0.2) is 101 Å². The minimum Gasteiger partial charge on any atom is -0.398 e. The molecule has 0 bridgehead atoms. The molecule has 5 aromatic rings. The number of hydrogen-bond acceptors (Lipinski definition) is 7. The van der Waals surface area contributed by atoms with Crippen molar-refractivity contribution in [3.8, 4) is 39.4 Å². The summed E-state index contributed by atoms with van der Waals surface area (Å²) in [6.45, 7) is 0. The number of hydrogen-bond donors (Lipinski definition) is 4. The van der Waals surface area contributed by atoms with Crippen molar-refractivity contribution in [2.24, 2.45) is 4.36 Å². The molecule has 0 spiro atoms. The zero-order chi connectivity index (χ0) is 27.1. The first-order valence-electron chi connectivity index (χ1n) is 12.4. The minimum atomic E-state index is -0.108. The molecule has 5 aromatic carbocycles. The van der Waals surface area contributed by atoms with Crippen LogP contribution in [0.3, 0.4) is 0 Å². The number of anilines is 4. The van der Waals surface area contributed by atoms with Gasteiger partial charge in [-0.15, -0.1) is 0 Å². The predicted octanol–water partition coefficient (Wildman–Crippen LogP) is 7.18. The van der Waals surface area contributed by atoms with Crippen LogP contribution in [0.4, 0.5) is 28.4 Å². The molecular formula is C32H24N6S. The Hall–Kier alpha value is -5.19. The number of nitrogens with two attached hydrogens (primary N) is 3. The van der Waals surface area contributed by atoms with E-state index >= 15 is 0 Å². The van der Waals surface area contributed by atoms with Crippen molar-refractivity contribution in [2.75, 3.05) is 22.5 Å². The molecule has 0 saturated carbocycles. The van der Waals surface area contributed by atoms with Crippen molar-refractivity contribution >= 4 is 40.9 Å². The summed E-state index contributed by atoms with van der Waals surface area (Å²) in [5, 5.41) is 12.9. The highest BCUT2D eigenvalue weighted by Gasteiger charge is 2.30. The number of rotatable bonds is 4. The standard InChI is InChI=1S/C32H24N6S/c33-17-18-14-25(34)28(26(35)15-18)20-12-10-19(11-13-20)23-16-24-29(32(38-39)30(23)36)22-8-4-5-9-27(22)37-31(24)21-6-2-1-3-7-21/h1-16,31,37H,34-36H2. The fourth-order valence-electron chi connectivity index (χ4n) is 5.42. The number of fused-ring (bicyclic) bond motifs is 3. The molecule has 0 fully saturated rings. The van der Waals surface area contributed by atoms with Gasteiger partial charge in [-0.1, -0.05) is 72.8 Å². The molecule has 0 saturated heterocycles. The van der Waals surface area contributed by atoms with Gasteiger partial charge in [-0.3, -0.25) is 0 Å². The Morgan fingerprint density at radius 1 is 0.744 bits per heavy atom. The maximum absolute atomic E-state index is 9.22. The van der Waals surface area contributed by atoms with Crippen LogP contribution in [-0.2, 0) is 12.4 Å². The summed E-state index contributed by atoms with van der Waals surface area (Å²) < 4.78 is 4.27. The Balaban J connectivity index is 1.52. The zero-order valence-electron chi connectivity index (χ0n) is 20.8. The molecule has 1 heterocycles. The fourth-order valence-corrected chi connectivity index (χ4v) is 5.61. The lowest BCUT2D eigenvalue weighted by Gasteiger charge is -2.32. The molecule has 6 rings (SSSR count). The third kappa shape index (κ3) is 4.04. The number of nitriles is 1. The van der Waals surface area contributed by atoms with E-state index in [-0.39, 0.29) is 6.04 Å². The summed E-state index contributed by atoms with van der Waals surface area (Å²) in [5.74, 6) is 0. The lowest BCUT2D eigenvalue weighted by Crippen LogP contribution is -2.18. The van der Waals surface area contributed by atoms with Crippen LogP contribution in [0, 0.1) is 11.3 Å². The summed E-state index contributed by atoms with van der Waals surface area (Å²) in [4.78, 5) is 0. The molecule has 0 radical (unpaired) electrons. The molecule has 0 amide bonds. The lowest BCUT2D eigenvalue weighted by molar-refractivity contribution is 0.930. The Morgan fingerprint density at radius 3 is 2.05 bits per heavy atom. The number of para-hydroxylation sites is 1. The maximum atomic E-state index is 9.22. The smallest absolute Gasteiger partial charge is 0.109 e. The van der Waals surface area contributed by atoms with E-state index in [1.807, 2.05) is 54.6 Å². The van der Waals surface area contributed by atoms with E-state index < -0.39 is 0 Å². The maximum Gasteiger partial charge on any atom is 0.109 e. The van der Waals surface area contributed by atoms with E-state index in [0.717, 1.165) is 44.6 Å². The largest absolute Gasteiger partial charge is 0.398 e. The summed E-state index contributed by atoms with van der Waals surface area (Å²) in [7, 11) is 0. The Kier molecular flexibility index (Phi) is 5.95. The molecular weight excluding hydrogens is 500 g/mol. The highest BCUT2D eigenvalue weighted by atomic mass is 32.1. The van der Waals surface area contributed by atoms with Crippen LogP contribution in [0.1, 0.15) is 22.7 Å². The molecule has 7 heteroatoms. The van der Waals surface area contributed by atoms with E-state index in [0.29, 0.717) is 33.9 Å². The summed E-state index contributed by atoms with van der Waals surface area (Å²) >= 11 is 5.29. The number of nitrogen functional groups attached to an aromatic ring is 3. The first kappa shape index (κ1) is 24.2. The lowest BCUT2D eigenvalue weighted by atomic mass is 9.82. The first-order chi connectivity index (χ1) is 19.0. The monoisotopic (exact) mass is 524 g/mol. The highest BCUT2D eigenvalue weighted by molar-refractivity contribution is 7.47. The normalized spacial score (nSPS) is 13.5. The Labute approximate surface area is 231 Å². The minimum absolute atomic E-state index is 0.108. The van der Waals surface area contributed by atoms with Gasteiger partial charge in [0.1, 0.15) is 5.69 Å². The summed E-state index contributed by atoms with van der Waals surface area (Å²) in [6, 6.07) is 33.7. The van der Waals surface area contributed by atoms with Gasteiger partial charge >= 0.3 is 0 Å². The van der Waals surface area contributed by atoms with Crippen LogP contribution in [0.5, 0.6) is 0 Å². The highest BCUT2D eigenvalue weighted by Crippen LogP contribution is 2.52. The molecule has 1 atom stereocenters. The first-order valence-corrected chi connectivity index (χ1v) is 12.8. The SMILES string of the molecule is N#Cc1cc(N)c(-c2ccc(-c3cc4c(c(N=S)c3N)-c3ccccc3NC4c3ccccc3)cc2)c(N)c1. The van der Waals surface area contributed by atoms with Crippen LogP contribution < -0.4 is 22.5 Å². The quantitative estimate of drug-likeness (QED) is 0.184. The van der Waals surface area contributed by atoms with E-state index in [9.17, 15) is 5.26 Å². The second-order valence-corrected chi connectivity index (χ2v) is 9.68. The number of nitrogens with one attached hydrogen (secondary N) is 1. The second-order valence-electron chi connectivity index (χ2n) is 9.49. The van der Waals surface area contributed by atoms with Crippen LogP contribution in [0.25, 0.3) is 33.4 Å². The average molecular weight is 525 g/mol. The molecule has 188 valence electrons. The van der Waals surface area contributed by atoms with Gasteiger partial charge in [0.25, 0.3) is 0 Å². The molecule has 6 nitrogen and oxygen atoms in total. The second kappa shape index (κ2) is 9.60. The van der Waals surface area contributed by atoms with Crippen molar-refractivity contribution < 1.29 is 0 Å². The van der Waals surface area contributed by atoms with Crippen LogP contribution >= 0.6 is 0 Å². The van der Waals surface area contributed by atoms with Crippen molar-refractivity contribution in [3.63, 3.8) is 0 Å². The zero-order valence-corrected chi connectivity index (χ0v) is 21.7. The number of nitrogens with zero attached hydrogens (tertiary/aromatic N) is 2. The van der Waals surface area contributed by atoms with Gasteiger partial charge in [0.2, 0.25) is 0 Å². The third-order valence-corrected chi connectivity index (χ3v) is 7.40. The van der Waals surface area contributed by atoms with Gasteiger partial charge in [0.15, 0.2) is 0 Å². The number of benzene rings is 5. The van der Waals surface area contributed by atoms with Gasteiger partial charge in [-0.25, -0.2) is 0 Å². The summed E-state index contributed by atoms with van der Waals surface area (Å²) in [5.41, 5.74) is 30.2. The van der Waals surface area contributed by atoms with E-state index in [4.69, 9.17) is 29.6 Å². The van der Waals surface area contributed by atoms with Crippen LogP contribution in [-0.4, -0.2) is 0 Å². The van der Waals surface area contributed by atoms with Crippen molar-refractivity contribution in [1.82, 2.24) is 0 Å². The van der Waals surface area contributed by atoms with Gasteiger partial charge in [-0.2, -0.15) is 9.62 Å². The average Bonchev–Trinajstić information content (AvgIpc) is 2.97. The molecule has 0 aliphatic carbocycles. The Bertz CT molecular complexity index is 1770. The molecule has 7 N–H and O–H groups in total. The Morgan fingerprint density at radius 2 is 1.38 bits per heavy atom. The van der Waals surface area contributed by atoms with E-state index in [1.54, 1.807) is 12.1 Å². The molecule has 1 aliphatic heterocycles. The van der Waals surface area contributed by atoms with Gasteiger partial charge in [0, 0.05) is 51.7 Å². The van der Waals surface area contributed by atoms with Crippen molar-refractivity contribution in [3.05, 3.63) is 114 Å². The third-order valence-electron chi connectivity index (χ3n) is 7.22. The molecule has 39 heavy (non-hydrogen) atoms. The van der Waals surface area contributed by atoms with Crippen LogP contribution in [0.2, 0.25) is 0 Å². The van der Waals surface area contributed by atoms with Crippen molar-refractivity contribution in [1.29, 1.82) is 5.26 Å².